The second-order valence-electron chi connectivity index (χ2n) is 1.07. The summed E-state index contributed by atoms with van der Waals surface area (Å²) in [4.78, 5) is 3.55. The number of hydrogen-bond donors (Lipinski definition) is 1. The summed E-state index contributed by atoms with van der Waals surface area (Å²) in [6.07, 6.45) is 0. The van der Waals surface area contributed by atoms with Gasteiger partial charge in [0.05, 0.1) is 0 Å². The van der Waals surface area contributed by atoms with Crippen LogP contribution in [-0.4, -0.2) is 9.36 Å². The van der Waals surface area contributed by atoms with E-state index in [1.807, 2.05) is 0 Å². The Hall–Kier alpha value is -1.15. The second-order valence-corrected chi connectivity index (χ2v) is 1.85. The highest BCUT2D eigenvalue weighted by atomic mass is 32.1. The molecule has 0 aliphatic rings. The van der Waals surface area contributed by atoms with E-state index in [1.165, 1.54) is 0 Å². The van der Waals surface area contributed by atoms with Crippen molar-refractivity contribution in [2.24, 2.45) is 0 Å². The Labute approximate surface area is 49.7 Å². The van der Waals surface area contributed by atoms with E-state index in [9.17, 15) is 0 Å². The Morgan fingerprint density at radius 1 is 1.75 bits per heavy atom. The predicted octanol–water partition coefficient (Wildman–Crippen LogP) is -0.00802. The first kappa shape index (κ1) is 5.00. The van der Waals surface area contributed by atoms with Crippen LogP contribution in [0.25, 0.3) is 0 Å². The molecule has 1 aromatic rings. The average Bonchev–Trinajstić information content (AvgIpc) is 2.14. The lowest BCUT2D eigenvalue weighted by Crippen LogP contribution is -1.81. The highest BCUT2D eigenvalue weighted by Gasteiger charge is 1.94. The van der Waals surface area contributed by atoms with Crippen LogP contribution < -0.4 is 5.73 Å². The summed E-state index contributed by atoms with van der Waals surface area (Å²) in [6, 6.07) is 1.76. The third-order valence-corrected chi connectivity index (χ3v) is 1.08. The molecule has 0 fully saturated rings. The fraction of sp³-hybridized carbons (Fsp3) is 0. The van der Waals surface area contributed by atoms with Crippen molar-refractivity contribution in [2.75, 3.05) is 5.73 Å². The summed E-state index contributed by atoms with van der Waals surface area (Å²) in [5.74, 6) is 0.146. The molecule has 2 N–H and O–H groups in total. The first-order chi connectivity index (χ1) is 3.83. The molecular formula is C3H2N4S. The molecular weight excluding hydrogens is 124 g/mol. The second kappa shape index (κ2) is 1.76. The smallest absolute Gasteiger partial charge is 0.245 e. The maximum Gasteiger partial charge on any atom is 0.245 e. The van der Waals surface area contributed by atoms with Gasteiger partial charge in [-0.1, -0.05) is 0 Å². The Morgan fingerprint density at radius 2 is 2.50 bits per heavy atom. The standard InChI is InChI=1S/C3H2N4S/c4-1-2-6-3(5)8-7-2/h(H2,5,6,7). The molecule has 0 aliphatic heterocycles. The molecule has 0 radical (unpaired) electrons. The summed E-state index contributed by atoms with van der Waals surface area (Å²) in [6.45, 7) is 0. The minimum absolute atomic E-state index is 0.146. The van der Waals surface area contributed by atoms with Crippen molar-refractivity contribution in [3.8, 4) is 6.07 Å². The molecule has 40 valence electrons. The van der Waals surface area contributed by atoms with Gasteiger partial charge in [0, 0.05) is 11.5 Å². The van der Waals surface area contributed by atoms with Crippen LogP contribution in [0.4, 0.5) is 5.13 Å². The maximum atomic E-state index is 8.13. The van der Waals surface area contributed by atoms with Crippen LogP contribution in [-0.2, 0) is 0 Å². The quantitative estimate of drug-likeness (QED) is 0.530. The number of nitriles is 1. The molecule has 0 atom stereocenters. The minimum atomic E-state index is 0.146. The van der Waals surface area contributed by atoms with E-state index in [0.29, 0.717) is 5.13 Å². The molecule has 4 nitrogen and oxygen atoms in total. The fourth-order valence-electron chi connectivity index (χ4n) is 0.281. The topological polar surface area (TPSA) is 75.6 Å². The summed E-state index contributed by atoms with van der Waals surface area (Å²) in [5, 5.41) is 8.46. The van der Waals surface area contributed by atoms with E-state index in [4.69, 9.17) is 11.0 Å². The molecule has 1 rings (SSSR count). The lowest BCUT2D eigenvalue weighted by molar-refractivity contribution is 1.25. The summed E-state index contributed by atoms with van der Waals surface area (Å²) in [7, 11) is 0. The van der Waals surface area contributed by atoms with E-state index >= 15 is 0 Å². The molecule has 1 heterocycles. The van der Waals surface area contributed by atoms with Crippen LogP contribution in [0.15, 0.2) is 0 Å². The first-order valence-electron chi connectivity index (χ1n) is 1.82. The highest BCUT2D eigenvalue weighted by molar-refractivity contribution is 7.09. The summed E-state index contributed by atoms with van der Waals surface area (Å²) in [5.41, 5.74) is 5.15. The van der Waals surface area contributed by atoms with Gasteiger partial charge in [-0.05, 0) is 0 Å². The van der Waals surface area contributed by atoms with Gasteiger partial charge in [0.2, 0.25) is 11.0 Å². The molecule has 0 saturated carbocycles. The van der Waals surface area contributed by atoms with E-state index in [-0.39, 0.29) is 5.82 Å². The number of hydrogen-bond acceptors (Lipinski definition) is 5. The zero-order valence-electron chi connectivity index (χ0n) is 3.83. The first-order valence-corrected chi connectivity index (χ1v) is 2.59. The molecule has 1 aromatic heterocycles. The van der Waals surface area contributed by atoms with Gasteiger partial charge in [-0.2, -0.15) is 14.6 Å². The number of nitrogens with zero attached hydrogens (tertiary/aromatic N) is 3. The third kappa shape index (κ3) is 0.741. The van der Waals surface area contributed by atoms with Gasteiger partial charge in [0.15, 0.2) is 0 Å². The Balaban J connectivity index is 3.05. The summed E-state index contributed by atoms with van der Waals surface area (Å²) < 4.78 is 3.58. The van der Waals surface area contributed by atoms with Crippen LogP contribution in [0.5, 0.6) is 0 Å². The molecule has 0 amide bonds. The number of nitrogens with two attached hydrogens (primary N) is 1. The highest BCUT2D eigenvalue weighted by Crippen LogP contribution is 2.02. The zero-order valence-corrected chi connectivity index (χ0v) is 4.64. The van der Waals surface area contributed by atoms with E-state index < -0.39 is 0 Å². The SMILES string of the molecule is N#Cc1nsc(N)n1. The Bertz CT molecular complexity index is 221. The molecule has 0 aliphatic carbocycles. The van der Waals surface area contributed by atoms with E-state index in [0.717, 1.165) is 11.5 Å². The van der Waals surface area contributed by atoms with Crippen LogP contribution in [0, 0.1) is 11.3 Å². The van der Waals surface area contributed by atoms with Crippen molar-refractivity contribution >= 4 is 16.7 Å². The lowest BCUT2D eigenvalue weighted by Gasteiger charge is -1.67. The molecule has 8 heavy (non-hydrogen) atoms. The Kier molecular flexibility index (Phi) is 1.10. The van der Waals surface area contributed by atoms with Crippen molar-refractivity contribution in [2.45, 2.75) is 0 Å². The van der Waals surface area contributed by atoms with Gasteiger partial charge < -0.3 is 5.73 Å². The third-order valence-electron chi connectivity index (χ3n) is 0.542. The summed E-state index contributed by atoms with van der Waals surface area (Å²) >= 11 is 1.02. The molecule has 0 bridgehead atoms. The van der Waals surface area contributed by atoms with Crippen LogP contribution in [0.1, 0.15) is 5.82 Å². The largest absolute Gasteiger partial charge is 0.374 e. The molecule has 0 saturated heterocycles. The van der Waals surface area contributed by atoms with Gasteiger partial charge in [0.25, 0.3) is 0 Å². The minimum Gasteiger partial charge on any atom is -0.374 e. The predicted molar refractivity (Wildman–Crippen MR) is 29.0 cm³/mol. The van der Waals surface area contributed by atoms with Crippen LogP contribution >= 0.6 is 11.5 Å². The van der Waals surface area contributed by atoms with Gasteiger partial charge in [-0.3, -0.25) is 0 Å². The van der Waals surface area contributed by atoms with E-state index in [2.05, 4.69) is 9.36 Å². The number of aromatic nitrogens is 2. The number of anilines is 1. The zero-order chi connectivity index (χ0) is 5.98. The molecule has 0 unspecified atom stereocenters. The molecule has 0 aromatic carbocycles. The number of rotatable bonds is 0. The van der Waals surface area contributed by atoms with E-state index in [1.54, 1.807) is 6.07 Å². The molecule has 5 heteroatoms. The van der Waals surface area contributed by atoms with Crippen molar-refractivity contribution in [1.29, 1.82) is 5.26 Å². The van der Waals surface area contributed by atoms with Crippen LogP contribution in [0.2, 0.25) is 0 Å². The fourth-order valence-corrected chi connectivity index (χ4v) is 0.670. The van der Waals surface area contributed by atoms with Gasteiger partial charge in [-0.25, -0.2) is 0 Å². The Morgan fingerprint density at radius 3 is 2.75 bits per heavy atom. The number of nitrogen functional groups attached to an aromatic ring is 1. The van der Waals surface area contributed by atoms with Crippen molar-refractivity contribution in [3.63, 3.8) is 0 Å². The van der Waals surface area contributed by atoms with Crippen molar-refractivity contribution < 1.29 is 0 Å². The van der Waals surface area contributed by atoms with Gasteiger partial charge in [0.1, 0.15) is 6.07 Å². The van der Waals surface area contributed by atoms with Gasteiger partial charge >= 0.3 is 0 Å². The van der Waals surface area contributed by atoms with Gasteiger partial charge in [-0.15, -0.1) is 0 Å². The van der Waals surface area contributed by atoms with Crippen LogP contribution in [0.3, 0.4) is 0 Å². The normalized spacial score (nSPS) is 8.38. The monoisotopic (exact) mass is 126 g/mol. The average molecular weight is 126 g/mol. The lowest BCUT2D eigenvalue weighted by atomic mass is 10.7. The molecule has 0 spiro atoms. The van der Waals surface area contributed by atoms with Crippen molar-refractivity contribution in [3.05, 3.63) is 5.82 Å². The van der Waals surface area contributed by atoms with Crippen molar-refractivity contribution in [1.82, 2.24) is 9.36 Å². The maximum absolute atomic E-state index is 8.13.